The molecule has 1 rings (SSSR count). The lowest BCUT2D eigenvalue weighted by molar-refractivity contribution is 1.41. The van der Waals surface area contributed by atoms with Gasteiger partial charge in [0, 0.05) is 5.56 Å². The minimum atomic E-state index is 0.0227. The van der Waals surface area contributed by atoms with Gasteiger partial charge in [0.05, 0.1) is 11.6 Å². The Morgan fingerprint density at radius 3 is 2.27 bits per heavy atom. The van der Waals surface area contributed by atoms with Gasteiger partial charge in [0.1, 0.15) is 5.84 Å². The van der Waals surface area contributed by atoms with Crippen LogP contribution in [0.25, 0.3) is 0 Å². The number of hydrogen-bond acceptors (Lipinski definition) is 2. The van der Waals surface area contributed by atoms with Crippen LogP contribution in [0.2, 0.25) is 0 Å². The van der Waals surface area contributed by atoms with Gasteiger partial charge in [-0.15, -0.1) is 0 Å². The molecule has 0 radical (unpaired) electrons. The predicted octanol–water partition coefficient (Wildman–Crippen LogP) is 0.842. The van der Waals surface area contributed by atoms with Crippen LogP contribution in [-0.4, -0.2) is 5.84 Å². The molecule has 11 heavy (non-hydrogen) atoms. The van der Waals surface area contributed by atoms with Gasteiger partial charge in [-0.1, -0.05) is 0 Å². The molecule has 0 aliphatic heterocycles. The van der Waals surface area contributed by atoms with Gasteiger partial charge < -0.3 is 5.73 Å². The molecule has 0 bridgehead atoms. The van der Waals surface area contributed by atoms with Crippen LogP contribution < -0.4 is 5.73 Å². The summed E-state index contributed by atoms with van der Waals surface area (Å²) < 4.78 is 0. The summed E-state index contributed by atoms with van der Waals surface area (Å²) in [7, 11) is 0. The van der Waals surface area contributed by atoms with Crippen molar-refractivity contribution in [3.05, 3.63) is 35.4 Å². The number of nitriles is 1. The molecule has 0 fully saturated rings. The quantitative estimate of drug-likeness (QED) is 0.454. The zero-order chi connectivity index (χ0) is 8.27. The van der Waals surface area contributed by atoms with Gasteiger partial charge in [-0.3, -0.25) is 5.41 Å². The minimum absolute atomic E-state index is 0.0227. The maximum atomic E-state index is 8.43. The summed E-state index contributed by atoms with van der Waals surface area (Å²) in [5.41, 5.74) is 6.43. The first-order chi connectivity index (χ1) is 5.24. The minimum Gasteiger partial charge on any atom is -0.384 e. The van der Waals surface area contributed by atoms with Crippen LogP contribution in [0.1, 0.15) is 11.1 Å². The molecule has 0 spiro atoms. The lowest BCUT2D eigenvalue weighted by Crippen LogP contribution is -2.10. The summed E-state index contributed by atoms with van der Waals surface area (Å²) in [5.74, 6) is 0.0227. The first-order valence-corrected chi connectivity index (χ1v) is 3.08. The van der Waals surface area contributed by atoms with Crippen LogP contribution in [0.15, 0.2) is 24.3 Å². The van der Waals surface area contributed by atoms with Crippen LogP contribution >= 0.6 is 0 Å². The van der Waals surface area contributed by atoms with E-state index in [9.17, 15) is 0 Å². The maximum absolute atomic E-state index is 8.43. The molecule has 0 atom stereocenters. The normalized spacial score (nSPS) is 8.64. The van der Waals surface area contributed by atoms with Crippen molar-refractivity contribution in [1.29, 1.82) is 10.7 Å². The Bertz CT molecular complexity index is 305. The molecule has 1 aromatic rings. The second kappa shape index (κ2) is 2.84. The SMILES string of the molecule is N#Cc1ccc(C(=N)N)cc1. The van der Waals surface area contributed by atoms with Gasteiger partial charge in [0.2, 0.25) is 0 Å². The Kier molecular flexibility index (Phi) is 1.88. The van der Waals surface area contributed by atoms with E-state index >= 15 is 0 Å². The number of nitrogens with one attached hydrogen (secondary N) is 1. The van der Waals surface area contributed by atoms with Crippen molar-refractivity contribution in [2.45, 2.75) is 0 Å². The third-order valence-electron chi connectivity index (χ3n) is 1.33. The summed E-state index contributed by atoms with van der Waals surface area (Å²) in [4.78, 5) is 0. The van der Waals surface area contributed by atoms with E-state index in [4.69, 9.17) is 16.4 Å². The molecule has 54 valence electrons. The van der Waals surface area contributed by atoms with Gasteiger partial charge in [-0.05, 0) is 24.3 Å². The van der Waals surface area contributed by atoms with Gasteiger partial charge in [-0.2, -0.15) is 5.26 Å². The number of hydrogen-bond donors (Lipinski definition) is 2. The van der Waals surface area contributed by atoms with E-state index in [1.807, 2.05) is 6.07 Å². The fourth-order valence-corrected chi connectivity index (χ4v) is 0.724. The fourth-order valence-electron chi connectivity index (χ4n) is 0.724. The van der Waals surface area contributed by atoms with E-state index in [2.05, 4.69) is 0 Å². The fraction of sp³-hybridized carbons (Fsp3) is 0. The lowest BCUT2D eigenvalue weighted by atomic mass is 10.1. The molecular formula is C8H7N3. The summed E-state index contributed by atoms with van der Waals surface area (Å²) in [6.45, 7) is 0. The Morgan fingerprint density at radius 2 is 1.91 bits per heavy atom. The molecule has 0 aliphatic rings. The van der Waals surface area contributed by atoms with E-state index in [1.54, 1.807) is 24.3 Å². The Labute approximate surface area is 64.6 Å². The standard InChI is InChI=1S/C8H7N3/c9-5-6-1-3-7(4-2-6)8(10)11/h1-4H,(H3,10,11). The molecule has 3 heteroatoms. The van der Waals surface area contributed by atoms with E-state index in [0.29, 0.717) is 11.1 Å². The van der Waals surface area contributed by atoms with Crippen molar-refractivity contribution in [3.8, 4) is 6.07 Å². The van der Waals surface area contributed by atoms with Crippen molar-refractivity contribution in [2.24, 2.45) is 5.73 Å². The number of amidine groups is 1. The number of nitrogens with two attached hydrogens (primary N) is 1. The van der Waals surface area contributed by atoms with Crippen molar-refractivity contribution in [3.63, 3.8) is 0 Å². The van der Waals surface area contributed by atoms with Gasteiger partial charge in [-0.25, -0.2) is 0 Å². The number of benzene rings is 1. The summed E-state index contributed by atoms with van der Waals surface area (Å²) >= 11 is 0. The first-order valence-electron chi connectivity index (χ1n) is 3.08. The van der Waals surface area contributed by atoms with E-state index in [1.165, 1.54) is 0 Å². The summed E-state index contributed by atoms with van der Waals surface area (Å²) in [6, 6.07) is 8.56. The summed E-state index contributed by atoms with van der Waals surface area (Å²) in [5, 5.41) is 15.5. The van der Waals surface area contributed by atoms with Gasteiger partial charge in [0.25, 0.3) is 0 Å². The molecule has 3 nitrogen and oxygen atoms in total. The van der Waals surface area contributed by atoms with Crippen LogP contribution in [0.3, 0.4) is 0 Å². The number of nitrogens with zero attached hydrogens (tertiary/aromatic N) is 1. The monoisotopic (exact) mass is 145 g/mol. The molecule has 0 saturated carbocycles. The Hall–Kier alpha value is -1.82. The molecule has 0 saturated heterocycles. The molecule has 0 heterocycles. The third kappa shape index (κ3) is 1.55. The lowest BCUT2D eigenvalue weighted by Gasteiger charge is -1.95. The van der Waals surface area contributed by atoms with E-state index < -0.39 is 0 Å². The topological polar surface area (TPSA) is 73.7 Å². The molecule has 0 unspecified atom stereocenters. The highest BCUT2D eigenvalue weighted by Gasteiger charge is 1.94. The van der Waals surface area contributed by atoms with Gasteiger partial charge >= 0.3 is 0 Å². The molecular weight excluding hydrogens is 138 g/mol. The van der Waals surface area contributed by atoms with Gasteiger partial charge in [0.15, 0.2) is 0 Å². The first kappa shape index (κ1) is 7.29. The maximum Gasteiger partial charge on any atom is 0.122 e. The second-order valence-electron chi connectivity index (χ2n) is 2.10. The van der Waals surface area contributed by atoms with E-state index in [0.717, 1.165) is 0 Å². The largest absolute Gasteiger partial charge is 0.384 e. The van der Waals surface area contributed by atoms with Crippen molar-refractivity contribution < 1.29 is 0 Å². The number of rotatable bonds is 1. The average Bonchev–Trinajstić information content (AvgIpc) is 2.05. The Balaban J connectivity index is 3.03. The number of nitrogen functional groups attached to an aromatic ring is 1. The van der Waals surface area contributed by atoms with Crippen molar-refractivity contribution >= 4 is 5.84 Å². The van der Waals surface area contributed by atoms with Crippen LogP contribution in [-0.2, 0) is 0 Å². The molecule has 3 N–H and O–H groups in total. The molecule has 1 aromatic carbocycles. The average molecular weight is 145 g/mol. The van der Waals surface area contributed by atoms with Crippen LogP contribution in [0, 0.1) is 16.7 Å². The summed E-state index contributed by atoms with van der Waals surface area (Å²) in [6.07, 6.45) is 0. The van der Waals surface area contributed by atoms with E-state index in [-0.39, 0.29) is 5.84 Å². The highest BCUT2D eigenvalue weighted by molar-refractivity contribution is 5.94. The second-order valence-corrected chi connectivity index (χ2v) is 2.10. The van der Waals surface area contributed by atoms with Crippen molar-refractivity contribution in [1.82, 2.24) is 0 Å². The van der Waals surface area contributed by atoms with Crippen LogP contribution in [0.4, 0.5) is 0 Å². The highest BCUT2D eigenvalue weighted by Crippen LogP contribution is 2.01. The van der Waals surface area contributed by atoms with Crippen LogP contribution in [0.5, 0.6) is 0 Å². The molecule has 0 amide bonds. The third-order valence-corrected chi connectivity index (χ3v) is 1.33. The highest BCUT2D eigenvalue weighted by atomic mass is 14.7. The smallest absolute Gasteiger partial charge is 0.122 e. The predicted molar refractivity (Wildman–Crippen MR) is 42.2 cm³/mol. The van der Waals surface area contributed by atoms with Crippen molar-refractivity contribution in [2.75, 3.05) is 0 Å². The molecule has 0 aromatic heterocycles. The molecule has 0 aliphatic carbocycles. The zero-order valence-corrected chi connectivity index (χ0v) is 5.83. The Morgan fingerprint density at radius 1 is 1.36 bits per heavy atom. The zero-order valence-electron chi connectivity index (χ0n) is 5.83.